The zero-order valence-corrected chi connectivity index (χ0v) is 8.84. The molecular weight excluding hydrogens is 229 g/mol. The number of aliphatic carboxylic acids is 1. The van der Waals surface area contributed by atoms with Gasteiger partial charge in [0.25, 0.3) is 0 Å². The first-order valence-corrected chi connectivity index (χ1v) is 4.40. The van der Waals surface area contributed by atoms with Crippen LogP contribution in [0.25, 0.3) is 0 Å². The molecular formula is C8H13F3N2O3. The average molecular weight is 242 g/mol. The molecule has 16 heavy (non-hydrogen) atoms. The van der Waals surface area contributed by atoms with Crippen LogP contribution >= 0.6 is 0 Å². The molecule has 0 aromatic rings. The van der Waals surface area contributed by atoms with E-state index in [1.54, 1.807) is 0 Å². The van der Waals surface area contributed by atoms with Crippen molar-refractivity contribution >= 4 is 11.9 Å². The highest BCUT2D eigenvalue weighted by molar-refractivity contribution is 5.79. The zero-order valence-electron chi connectivity index (χ0n) is 8.84. The van der Waals surface area contributed by atoms with E-state index in [0.29, 0.717) is 4.90 Å². The topological polar surface area (TPSA) is 69.6 Å². The van der Waals surface area contributed by atoms with Crippen LogP contribution in [0.4, 0.5) is 13.2 Å². The Labute approximate surface area is 90.2 Å². The van der Waals surface area contributed by atoms with Crippen molar-refractivity contribution in [3.63, 3.8) is 0 Å². The number of carbonyl (C=O) groups is 2. The smallest absolute Gasteiger partial charge is 0.406 e. The summed E-state index contributed by atoms with van der Waals surface area (Å²) in [6, 6.07) is -0.983. The summed E-state index contributed by atoms with van der Waals surface area (Å²) in [6.45, 7) is -0.506. The minimum Gasteiger partial charge on any atom is -0.480 e. The van der Waals surface area contributed by atoms with E-state index in [1.807, 2.05) is 0 Å². The fourth-order valence-electron chi connectivity index (χ4n) is 0.820. The van der Waals surface area contributed by atoms with Gasteiger partial charge in [0.15, 0.2) is 0 Å². The maximum atomic E-state index is 11.9. The number of halogens is 3. The molecule has 1 amide bonds. The number of nitrogens with one attached hydrogen (secondary N) is 1. The van der Waals surface area contributed by atoms with Gasteiger partial charge in [0, 0.05) is 7.05 Å². The van der Waals surface area contributed by atoms with Crippen LogP contribution in [0.5, 0.6) is 0 Å². The maximum Gasteiger partial charge on any atom is 0.406 e. The minimum atomic E-state index is -4.46. The summed E-state index contributed by atoms with van der Waals surface area (Å²) in [5.74, 6) is -1.99. The summed E-state index contributed by atoms with van der Waals surface area (Å²) >= 11 is 0. The van der Waals surface area contributed by atoms with Gasteiger partial charge >= 0.3 is 12.1 Å². The Bertz CT molecular complexity index is 268. The third kappa shape index (κ3) is 6.23. The number of carbonyl (C=O) groups excluding carboxylic acids is 1. The molecule has 2 N–H and O–H groups in total. The predicted octanol–water partition coefficient (Wildman–Crippen LogP) is 0.0698. The molecule has 0 aliphatic rings. The maximum absolute atomic E-state index is 11.9. The number of nitrogens with zero attached hydrogens (tertiary/aromatic N) is 1. The summed E-state index contributed by atoms with van der Waals surface area (Å²) < 4.78 is 35.7. The van der Waals surface area contributed by atoms with Crippen LogP contribution in [-0.2, 0) is 9.59 Å². The molecule has 0 radical (unpaired) electrons. The molecule has 0 rings (SSSR count). The van der Waals surface area contributed by atoms with Crippen LogP contribution in [0.3, 0.4) is 0 Å². The molecule has 0 heterocycles. The Morgan fingerprint density at radius 3 is 2.31 bits per heavy atom. The highest BCUT2D eigenvalue weighted by atomic mass is 19.4. The second-order valence-corrected chi connectivity index (χ2v) is 3.31. The quantitative estimate of drug-likeness (QED) is 0.715. The molecule has 0 aromatic heterocycles. The summed E-state index contributed by atoms with van der Waals surface area (Å²) in [5.41, 5.74) is 0. The Morgan fingerprint density at radius 1 is 1.44 bits per heavy atom. The molecule has 0 saturated carbocycles. The molecule has 0 saturated heterocycles. The zero-order chi connectivity index (χ0) is 12.9. The Morgan fingerprint density at radius 2 is 1.94 bits per heavy atom. The van der Waals surface area contributed by atoms with Gasteiger partial charge in [-0.15, -0.1) is 0 Å². The van der Waals surface area contributed by atoms with Crippen molar-refractivity contribution in [1.29, 1.82) is 0 Å². The molecule has 0 aromatic carbocycles. The van der Waals surface area contributed by atoms with Crippen molar-refractivity contribution in [2.75, 3.05) is 20.1 Å². The van der Waals surface area contributed by atoms with Crippen LogP contribution in [0.15, 0.2) is 0 Å². The van der Waals surface area contributed by atoms with Gasteiger partial charge in [0.2, 0.25) is 5.91 Å². The predicted molar refractivity (Wildman–Crippen MR) is 48.8 cm³/mol. The van der Waals surface area contributed by atoms with Gasteiger partial charge in [-0.3, -0.25) is 14.9 Å². The lowest BCUT2D eigenvalue weighted by Gasteiger charge is -2.19. The first-order valence-electron chi connectivity index (χ1n) is 4.40. The van der Waals surface area contributed by atoms with Crippen molar-refractivity contribution in [1.82, 2.24) is 10.2 Å². The van der Waals surface area contributed by atoms with E-state index < -0.39 is 37.2 Å². The molecule has 0 bridgehead atoms. The molecule has 0 fully saturated rings. The van der Waals surface area contributed by atoms with Gasteiger partial charge in [-0.25, -0.2) is 0 Å². The number of carboxylic acids is 1. The highest BCUT2D eigenvalue weighted by Gasteiger charge is 2.31. The van der Waals surface area contributed by atoms with E-state index in [1.165, 1.54) is 6.92 Å². The molecule has 1 unspecified atom stereocenters. The first kappa shape index (κ1) is 14.7. The van der Waals surface area contributed by atoms with Crippen LogP contribution in [0, 0.1) is 0 Å². The molecule has 0 spiro atoms. The number of alkyl halides is 3. The summed E-state index contributed by atoms with van der Waals surface area (Å²) in [7, 11) is 1.00. The third-order valence-electron chi connectivity index (χ3n) is 1.77. The average Bonchev–Trinajstić information content (AvgIpc) is 2.10. The van der Waals surface area contributed by atoms with E-state index in [9.17, 15) is 22.8 Å². The van der Waals surface area contributed by atoms with E-state index >= 15 is 0 Å². The monoisotopic (exact) mass is 242 g/mol. The third-order valence-corrected chi connectivity index (χ3v) is 1.77. The molecule has 0 aliphatic heterocycles. The van der Waals surface area contributed by atoms with Crippen LogP contribution in [0.2, 0.25) is 0 Å². The van der Waals surface area contributed by atoms with Gasteiger partial charge in [-0.1, -0.05) is 0 Å². The van der Waals surface area contributed by atoms with Gasteiger partial charge in [-0.2, -0.15) is 13.2 Å². The molecule has 0 aliphatic carbocycles. The van der Waals surface area contributed by atoms with Gasteiger partial charge in [-0.05, 0) is 6.92 Å². The number of carboxylic acid groups (broad SMARTS) is 1. The van der Waals surface area contributed by atoms with Crippen molar-refractivity contribution in [3.05, 3.63) is 0 Å². The standard InChI is InChI=1S/C8H13F3N2O3/c1-5(7(15)16)12-3-6(14)13(2)4-8(9,10)11/h5,12H,3-4H2,1-2H3,(H,15,16). The fourth-order valence-corrected chi connectivity index (χ4v) is 0.820. The van der Waals surface area contributed by atoms with Crippen molar-refractivity contribution in [2.24, 2.45) is 0 Å². The second kappa shape index (κ2) is 5.69. The first-order chi connectivity index (χ1) is 7.13. The van der Waals surface area contributed by atoms with E-state index in [2.05, 4.69) is 5.32 Å². The van der Waals surface area contributed by atoms with Crippen molar-refractivity contribution in [3.8, 4) is 0 Å². The van der Waals surface area contributed by atoms with Crippen molar-refractivity contribution < 1.29 is 27.9 Å². The minimum absolute atomic E-state index is 0.444. The number of likely N-dealkylation sites (N-methyl/N-ethyl adjacent to an activating group) is 1. The summed E-state index contributed by atoms with van der Waals surface area (Å²) in [5, 5.41) is 10.7. The van der Waals surface area contributed by atoms with E-state index in [-0.39, 0.29) is 0 Å². The summed E-state index contributed by atoms with van der Waals surface area (Å²) in [6.07, 6.45) is -4.46. The largest absolute Gasteiger partial charge is 0.480 e. The van der Waals surface area contributed by atoms with E-state index in [4.69, 9.17) is 5.11 Å². The van der Waals surface area contributed by atoms with Crippen LogP contribution in [0.1, 0.15) is 6.92 Å². The number of hydrogen-bond donors (Lipinski definition) is 2. The molecule has 1 atom stereocenters. The molecule has 5 nitrogen and oxygen atoms in total. The van der Waals surface area contributed by atoms with Crippen LogP contribution < -0.4 is 5.32 Å². The summed E-state index contributed by atoms with van der Waals surface area (Å²) in [4.78, 5) is 21.9. The Hall–Kier alpha value is -1.31. The van der Waals surface area contributed by atoms with Gasteiger partial charge in [0.1, 0.15) is 12.6 Å². The van der Waals surface area contributed by atoms with Crippen molar-refractivity contribution in [2.45, 2.75) is 19.1 Å². The Balaban J connectivity index is 4.02. The normalized spacial score (nSPS) is 13.3. The molecule has 94 valence electrons. The van der Waals surface area contributed by atoms with Gasteiger partial charge in [0.05, 0.1) is 6.54 Å². The second-order valence-electron chi connectivity index (χ2n) is 3.31. The lowest BCUT2D eigenvalue weighted by Crippen LogP contribution is -2.44. The number of amides is 1. The fraction of sp³-hybridized carbons (Fsp3) is 0.750. The lowest BCUT2D eigenvalue weighted by molar-refractivity contribution is -0.158. The number of hydrogen-bond acceptors (Lipinski definition) is 3. The SMILES string of the molecule is CC(NCC(=O)N(C)CC(F)(F)F)C(=O)O. The van der Waals surface area contributed by atoms with E-state index in [0.717, 1.165) is 7.05 Å². The van der Waals surface area contributed by atoms with Crippen LogP contribution in [-0.4, -0.2) is 54.2 Å². The number of rotatable bonds is 5. The highest BCUT2D eigenvalue weighted by Crippen LogP contribution is 2.15. The van der Waals surface area contributed by atoms with Gasteiger partial charge < -0.3 is 10.0 Å². The Kier molecular flexibility index (Phi) is 5.22. The lowest BCUT2D eigenvalue weighted by atomic mass is 10.3. The molecule has 8 heteroatoms.